The van der Waals surface area contributed by atoms with Crippen LogP contribution in [0.15, 0.2) is 60.7 Å². The van der Waals surface area contributed by atoms with Gasteiger partial charge in [-0.2, -0.15) is 0 Å². The number of ether oxygens (including phenoxy) is 1. The van der Waals surface area contributed by atoms with Crippen LogP contribution in [0.1, 0.15) is 49.9 Å². The summed E-state index contributed by atoms with van der Waals surface area (Å²) in [6.07, 6.45) is 3.12. The molecule has 2 aromatic rings. The Morgan fingerprint density at radius 1 is 0.720 bits per heavy atom. The van der Waals surface area contributed by atoms with E-state index in [9.17, 15) is 0 Å². The Balaban J connectivity index is 1.43. The van der Waals surface area contributed by atoms with Crippen molar-refractivity contribution in [1.82, 2.24) is 10.6 Å². The summed E-state index contributed by atoms with van der Waals surface area (Å²) < 4.78 is 5.83. The Bertz CT molecular complexity index is 615. The van der Waals surface area contributed by atoms with Crippen LogP contribution in [0.3, 0.4) is 0 Å². The molecule has 0 radical (unpaired) electrons. The van der Waals surface area contributed by atoms with Gasteiger partial charge in [0, 0.05) is 24.2 Å². The van der Waals surface area contributed by atoms with Crippen LogP contribution in [-0.2, 0) is 4.74 Å². The highest BCUT2D eigenvalue weighted by Crippen LogP contribution is 2.38. The van der Waals surface area contributed by atoms with E-state index in [1.807, 2.05) is 0 Å². The molecule has 0 amide bonds. The molecule has 1 saturated carbocycles. The number of epoxide rings is 1. The molecule has 1 aliphatic heterocycles. The van der Waals surface area contributed by atoms with E-state index in [1.54, 1.807) is 0 Å². The zero-order chi connectivity index (χ0) is 17.2. The molecule has 2 aromatic carbocycles. The van der Waals surface area contributed by atoms with Crippen LogP contribution in [0.2, 0.25) is 0 Å². The number of hydrogen-bond acceptors (Lipinski definition) is 3. The minimum Gasteiger partial charge on any atom is -0.369 e. The molecule has 2 aliphatic rings. The average molecular weight is 336 g/mol. The molecule has 3 heteroatoms. The number of nitrogens with one attached hydrogen (secondary N) is 2. The quantitative estimate of drug-likeness (QED) is 0.783. The minimum atomic E-state index is 0.345. The lowest BCUT2D eigenvalue weighted by molar-refractivity contribution is 0.274. The highest BCUT2D eigenvalue weighted by molar-refractivity contribution is 5.20. The maximum Gasteiger partial charge on any atom is 0.0858 e. The molecule has 0 unspecified atom stereocenters. The van der Waals surface area contributed by atoms with E-state index in [0.717, 1.165) is 12.8 Å². The van der Waals surface area contributed by atoms with E-state index in [1.165, 1.54) is 11.1 Å². The monoisotopic (exact) mass is 336 g/mol. The van der Waals surface area contributed by atoms with Crippen molar-refractivity contribution in [2.45, 2.75) is 63.1 Å². The summed E-state index contributed by atoms with van der Waals surface area (Å²) in [4.78, 5) is 0. The third-order valence-electron chi connectivity index (χ3n) is 5.67. The highest BCUT2D eigenvalue weighted by Gasteiger charge is 2.48. The van der Waals surface area contributed by atoms with Crippen molar-refractivity contribution < 1.29 is 4.74 Å². The summed E-state index contributed by atoms with van der Waals surface area (Å²) in [5.41, 5.74) is 2.69. The highest BCUT2D eigenvalue weighted by atomic mass is 16.6. The van der Waals surface area contributed by atoms with Crippen molar-refractivity contribution in [3.63, 3.8) is 0 Å². The first-order valence-corrected chi connectivity index (χ1v) is 9.48. The maximum atomic E-state index is 5.83. The van der Waals surface area contributed by atoms with Gasteiger partial charge in [0.2, 0.25) is 0 Å². The van der Waals surface area contributed by atoms with Crippen LogP contribution in [-0.4, -0.2) is 24.3 Å². The molecule has 0 aromatic heterocycles. The number of rotatable bonds is 6. The SMILES string of the molecule is C[C@H](N[C@@H]1C[C@@H]2O[C@@H]2C[C@H]1N[C@@H](C)c1ccccc1)c1ccccc1. The molecule has 25 heavy (non-hydrogen) atoms. The van der Waals surface area contributed by atoms with E-state index in [-0.39, 0.29) is 0 Å². The molecular formula is C22H28N2O. The lowest BCUT2D eigenvalue weighted by atomic mass is 9.88. The Morgan fingerprint density at radius 3 is 1.52 bits per heavy atom. The van der Waals surface area contributed by atoms with Gasteiger partial charge in [-0.15, -0.1) is 0 Å². The van der Waals surface area contributed by atoms with Crippen molar-refractivity contribution in [1.29, 1.82) is 0 Å². The Labute approximate surface area is 150 Å². The van der Waals surface area contributed by atoms with Crippen molar-refractivity contribution in [2.24, 2.45) is 0 Å². The van der Waals surface area contributed by atoms with Crippen molar-refractivity contribution in [3.05, 3.63) is 71.8 Å². The Morgan fingerprint density at radius 2 is 1.12 bits per heavy atom. The van der Waals surface area contributed by atoms with E-state index < -0.39 is 0 Å². The van der Waals surface area contributed by atoms with Crippen LogP contribution in [0.5, 0.6) is 0 Å². The lowest BCUT2D eigenvalue weighted by Crippen LogP contribution is -2.52. The minimum absolute atomic E-state index is 0.345. The Hall–Kier alpha value is -1.68. The first-order chi connectivity index (χ1) is 12.2. The molecule has 1 saturated heterocycles. The van der Waals surface area contributed by atoms with Gasteiger partial charge in [-0.05, 0) is 37.8 Å². The molecule has 0 spiro atoms. The standard InChI is InChI=1S/C22H28N2O/c1-15(17-9-5-3-6-10-17)23-19-13-21-22(25-21)14-20(19)24-16(2)18-11-7-4-8-12-18/h3-12,15-16,19-24H,13-14H2,1-2H3/t15-,16-,19+,20+,21-,22+/m0/s1. The van der Waals surface area contributed by atoms with E-state index in [2.05, 4.69) is 85.1 Å². The van der Waals surface area contributed by atoms with Gasteiger partial charge < -0.3 is 15.4 Å². The largest absolute Gasteiger partial charge is 0.369 e. The second kappa shape index (κ2) is 7.28. The van der Waals surface area contributed by atoms with Gasteiger partial charge in [-0.25, -0.2) is 0 Å². The summed E-state index contributed by atoms with van der Waals surface area (Å²) in [6.45, 7) is 4.51. The first kappa shape index (κ1) is 16.8. The molecule has 1 aliphatic carbocycles. The third-order valence-corrected chi connectivity index (χ3v) is 5.67. The molecule has 4 rings (SSSR count). The zero-order valence-electron chi connectivity index (χ0n) is 15.1. The van der Waals surface area contributed by atoms with Gasteiger partial charge in [-0.3, -0.25) is 0 Å². The molecule has 2 N–H and O–H groups in total. The number of fused-ring (bicyclic) bond motifs is 1. The average Bonchev–Trinajstić information content (AvgIpc) is 3.41. The summed E-state index contributed by atoms with van der Waals surface area (Å²) in [6, 6.07) is 23.0. The third kappa shape index (κ3) is 3.95. The number of hydrogen-bond donors (Lipinski definition) is 2. The summed E-state index contributed by atoms with van der Waals surface area (Å²) in [5.74, 6) is 0. The van der Waals surface area contributed by atoms with Crippen LogP contribution in [0, 0.1) is 0 Å². The van der Waals surface area contributed by atoms with E-state index in [4.69, 9.17) is 4.74 Å². The topological polar surface area (TPSA) is 36.6 Å². The van der Waals surface area contributed by atoms with Gasteiger partial charge in [0.25, 0.3) is 0 Å². The van der Waals surface area contributed by atoms with E-state index in [0.29, 0.717) is 36.4 Å². The number of benzene rings is 2. The fourth-order valence-electron chi connectivity index (χ4n) is 4.11. The predicted octanol–water partition coefficient (Wildman–Crippen LogP) is 3.99. The smallest absolute Gasteiger partial charge is 0.0858 e. The predicted molar refractivity (Wildman–Crippen MR) is 101 cm³/mol. The van der Waals surface area contributed by atoms with Gasteiger partial charge in [0.15, 0.2) is 0 Å². The van der Waals surface area contributed by atoms with Gasteiger partial charge in [0.1, 0.15) is 0 Å². The summed E-state index contributed by atoms with van der Waals surface area (Å²) in [7, 11) is 0. The maximum absolute atomic E-state index is 5.83. The molecular weight excluding hydrogens is 308 g/mol. The molecule has 6 atom stereocenters. The lowest BCUT2D eigenvalue weighted by Gasteiger charge is -2.35. The van der Waals surface area contributed by atoms with Gasteiger partial charge in [-0.1, -0.05) is 60.7 Å². The van der Waals surface area contributed by atoms with Gasteiger partial charge >= 0.3 is 0 Å². The van der Waals surface area contributed by atoms with Crippen molar-refractivity contribution in [3.8, 4) is 0 Å². The zero-order valence-corrected chi connectivity index (χ0v) is 15.1. The molecule has 3 nitrogen and oxygen atoms in total. The molecule has 1 heterocycles. The fraction of sp³-hybridized carbons (Fsp3) is 0.455. The summed E-state index contributed by atoms with van der Waals surface area (Å²) in [5, 5.41) is 7.71. The Kier molecular flexibility index (Phi) is 4.89. The normalized spacial score (nSPS) is 30.3. The van der Waals surface area contributed by atoms with Crippen molar-refractivity contribution in [2.75, 3.05) is 0 Å². The molecule has 2 fully saturated rings. The van der Waals surface area contributed by atoms with Crippen LogP contribution in [0.25, 0.3) is 0 Å². The van der Waals surface area contributed by atoms with Crippen molar-refractivity contribution >= 4 is 0 Å². The second-order valence-corrected chi connectivity index (χ2v) is 7.50. The van der Waals surface area contributed by atoms with E-state index >= 15 is 0 Å². The molecule has 132 valence electrons. The summed E-state index contributed by atoms with van der Waals surface area (Å²) >= 11 is 0. The second-order valence-electron chi connectivity index (χ2n) is 7.50. The first-order valence-electron chi connectivity index (χ1n) is 9.48. The van der Waals surface area contributed by atoms with Crippen LogP contribution in [0.4, 0.5) is 0 Å². The fourth-order valence-corrected chi connectivity index (χ4v) is 4.11. The van der Waals surface area contributed by atoms with Gasteiger partial charge in [0.05, 0.1) is 12.2 Å². The molecule has 0 bridgehead atoms. The van der Waals surface area contributed by atoms with Crippen LogP contribution < -0.4 is 10.6 Å². The van der Waals surface area contributed by atoms with Crippen LogP contribution >= 0.6 is 0 Å².